The van der Waals surface area contributed by atoms with Gasteiger partial charge < -0.3 is 34.6 Å². The fourth-order valence-electron chi connectivity index (χ4n) is 6.92. The predicted molar refractivity (Wildman–Crippen MR) is 182 cm³/mol. The van der Waals surface area contributed by atoms with E-state index < -0.39 is 11.7 Å². The largest absolute Gasteiger partial charge is 0.430 e. The van der Waals surface area contributed by atoms with Crippen LogP contribution in [0.4, 0.5) is 16.2 Å². The summed E-state index contributed by atoms with van der Waals surface area (Å²) in [4.78, 5) is 36.1. The van der Waals surface area contributed by atoms with Gasteiger partial charge in [-0.2, -0.15) is 4.98 Å². The van der Waals surface area contributed by atoms with Gasteiger partial charge in [-0.05, 0) is 71.5 Å². The number of rotatable bonds is 19. The molecule has 2 aliphatic heterocycles. The van der Waals surface area contributed by atoms with Crippen molar-refractivity contribution in [3.63, 3.8) is 0 Å². The van der Waals surface area contributed by atoms with Crippen LogP contribution in [-0.4, -0.2) is 116 Å². The van der Waals surface area contributed by atoms with E-state index in [4.69, 9.17) is 19.2 Å². The minimum atomic E-state index is -0.744. The molecule has 4 rings (SSSR count). The van der Waals surface area contributed by atoms with Crippen molar-refractivity contribution in [1.29, 1.82) is 0 Å². The van der Waals surface area contributed by atoms with Gasteiger partial charge in [0.1, 0.15) is 5.82 Å². The molecule has 0 aliphatic carbocycles. The lowest BCUT2D eigenvalue weighted by atomic mass is 9.76. The molecular formula is C34H53FN8O5. The first-order chi connectivity index (χ1) is 23.1. The normalized spacial score (nSPS) is 16.3. The maximum atomic E-state index is 14.7. The van der Waals surface area contributed by atoms with E-state index in [2.05, 4.69) is 44.5 Å². The molecule has 3 heterocycles. The molecule has 2 saturated heterocycles. The number of anilines is 2. The highest BCUT2D eigenvalue weighted by Gasteiger charge is 2.50. The molecule has 2 aromatic rings. The molecular weight excluding hydrogens is 619 g/mol. The van der Waals surface area contributed by atoms with Crippen LogP contribution in [0.25, 0.3) is 0 Å². The summed E-state index contributed by atoms with van der Waals surface area (Å²) in [6.45, 7) is 17.0. The van der Waals surface area contributed by atoms with Crippen LogP contribution in [0.1, 0.15) is 70.7 Å². The monoisotopic (exact) mass is 672 g/mol. The number of carbonyl (C=O) groups excluding carboxylic acids is 2. The van der Waals surface area contributed by atoms with Crippen LogP contribution in [0, 0.1) is 17.2 Å². The number of likely N-dealkylation sites (tertiary alicyclic amines) is 1. The van der Waals surface area contributed by atoms with E-state index in [1.807, 2.05) is 20.8 Å². The van der Waals surface area contributed by atoms with Gasteiger partial charge >= 0.3 is 0 Å². The van der Waals surface area contributed by atoms with Crippen molar-refractivity contribution in [3.05, 3.63) is 23.5 Å². The Hall–Kier alpha value is -3.62. The maximum Gasteiger partial charge on any atom is 0.298 e. The Labute approximate surface area is 283 Å². The van der Waals surface area contributed by atoms with Crippen molar-refractivity contribution in [1.82, 2.24) is 30.3 Å². The SMILES string of the molecule is CCN(C(=O)c1cc(F)cc(OC=O)c1Oc1nnc(NC)nc1N1CCC2(C1)CN([C@H](CCCNCCCOC)C(C)C)C2)C(C)C. The van der Waals surface area contributed by atoms with Gasteiger partial charge in [0, 0.05) is 77.1 Å². The molecule has 1 aromatic carbocycles. The Kier molecular flexibility index (Phi) is 13.3. The van der Waals surface area contributed by atoms with E-state index in [0.717, 1.165) is 83.7 Å². The Morgan fingerprint density at radius 1 is 1.15 bits per heavy atom. The number of hydrogen-bond acceptors (Lipinski definition) is 12. The average Bonchev–Trinajstić information content (AvgIpc) is 3.49. The average molecular weight is 673 g/mol. The molecule has 266 valence electrons. The molecule has 48 heavy (non-hydrogen) atoms. The van der Waals surface area contributed by atoms with Crippen LogP contribution in [0.5, 0.6) is 17.4 Å². The predicted octanol–water partition coefficient (Wildman–Crippen LogP) is 4.19. The second-order valence-corrected chi connectivity index (χ2v) is 13.4. The molecule has 0 radical (unpaired) electrons. The number of hydrogen-bond donors (Lipinski definition) is 2. The number of aromatic nitrogens is 3. The lowest BCUT2D eigenvalue weighted by Crippen LogP contribution is -2.62. The molecule has 1 amide bonds. The minimum absolute atomic E-state index is 0.0317. The molecule has 0 saturated carbocycles. The smallest absolute Gasteiger partial charge is 0.298 e. The highest BCUT2D eigenvalue weighted by atomic mass is 19.1. The molecule has 2 aliphatic rings. The van der Waals surface area contributed by atoms with Gasteiger partial charge in [-0.3, -0.25) is 14.5 Å². The summed E-state index contributed by atoms with van der Waals surface area (Å²) < 4.78 is 31.2. The fraction of sp³-hybridized carbons (Fsp3) is 0.676. The molecule has 1 atom stereocenters. The summed E-state index contributed by atoms with van der Waals surface area (Å²) in [5.74, 6) is -0.247. The van der Waals surface area contributed by atoms with Crippen molar-refractivity contribution < 1.29 is 28.2 Å². The van der Waals surface area contributed by atoms with Crippen LogP contribution in [0.15, 0.2) is 12.1 Å². The summed E-state index contributed by atoms with van der Waals surface area (Å²) in [6, 6.07) is 2.44. The number of ether oxygens (including phenoxy) is 3. The van der Waals surface area contributed by atoms with Crippen LogP contribution in [0.3, 0.4) is 0 Å². The molecule has 0 bridgehead atoms. The first-order valence-corrected chi connectivity index (χ1v) is 17.1. The zero-order chi connectivity index (χ0) is 34.8. The zero-order valence-corrected chi connectivity index (χ0v) is 29.6. The van der Waals surface area contributed by atoms with E-state index in [1.165, 1.54) is 0 Å². The summed E-state index contributed by atoms with van der Waals surface area (Å²) in [7, 11) is 3.44. The standard InChI is InChI=1S/C34H53FN8O5/c1-8-43(24(4)5)32(45)26-17-25(35)18-28(47-22-44)29(26)48-31-30(38-33(36-6)40-39-31)41-15-12-34(19-41)20-42(21-34)27(23(2)3)11-9-13-37-14-10-16-46-7/h17-18,22-24,27,37H,8-16,19-21H2,1-7H3,(H,36,38,40)/t27-/m1/s1. The zero-order valence-electron chi connectivity index (χ0n) is 29.6. The molecule has 14 heteroatoms. The highest BCUT2D eigenvalue weighted by molar-refractivity contribution is 5.98. The van der Waals surface area contributed by atoms with Crippen molar-refractivity contribution >= 4 is 24.1 Å². The van der Waals surface area contributed by atoms with E-state index in [-0.39, 0.29) is 40.9 Å². The summed E-state index contributed by atoms with van der Waals surface area (Å²) in [5, 5.41) is 14.9. The molecule has 2 fully saturated rings. The minimum Gasteiger partial charge on any atom is -0.430 e. The third kappa shape index (κ3) is 8.88. The van der Waals surface area contributed by atoms with Crippen LogP contribution < -0.4 is 25.0 Å². The number of nitrogens with one attached hydrogen (secondary N) is 2. The van der Waals surface area contributed by atoms with E-state index in [0.29, 0.717) is 30.3 Å². The van der Waals surface area contributed by atoms with Crippen molar-refractivity contribution in [3.8, 4) is 17.4 Å². The number of amides is 1. The Bertz CT molecular complexity index is 1370. The number of benzene rings is 1. The van der Waals surface area contributed by atoms with Gasteiger partial charge in [0.2, 0.25) is 5.95 Å². The first kappa shape index (κ1) is 37.2. The molecule has 1 spiro atoms. The van der Waals surface area contributed by atoms with Crippen molar-refractivity contribution in [2.24, 2.45) is 11.3 Å². The van der Waals surface area contributed by atoms with Crippen molar-refractivity contribution in [2.75, 3.05) is 76.8 Å². The Morgan fingerprint density at radius 3 is 2.54 bits per heavy atom. The number of nitrogens with zero attached hydrogens (tertiary/aromatic N) is 6. The van der Waals surface area contributed by atoms with Gasteiger partial charge in [0.15, 0.2) is 17.3 Å². The van der Waals surface area contributed by atoms with Gasteiger partial charge in [0.05, 0.1) is 5.56 Å². The second-order valence-electron chi connectivity index (χ2n) is 13.4. The first-order valence-electron chi connectivity index (χ1n) is 17.1. The molecule has 2 N–H and O–H groups in total. The van der Waals surface area contributed by atoms with Crippen LogP contribution >= 0.6 is 0 Å². The van der Waals surface area contributed by atoms with Crippen LogP contribution in [0.2, 0.25) is 0 Å². The maximum absolute atomic E-state index is 14.7. The molecule has 1 aromatic heterocycles. The van der Waals surface area contributed by atoms with E-state index in [9.17, 15) is 14.0 Å². The summed E-state index contributed by atoms with van der Waals surface area (Å²) in [5.41, 5.74) is 0.0141. The van der Waals surface area contributed by atoms with Gasteiger partial charge in [0.25, 0.3) is 18.3 Å². The Morgan fingerprint density at radius 2 is 1.90 bits per heavy atom. The van der Waals surface area contributed by atoms with E-state index in [1.54, 1.807) is 19.1 Å². The van der Waals surface area contributed by atoms with Gasteiger partial charge in [-0.15, -0.1) is 10.2 Å². The van der Waals surface area contributed by atoms with E-state index >= 15 is 0 Å². The topological polar surface area (TPSA) is 134 Å². The third-order valence-electron chi connectivity index (χ3n) is 9.32. The highest BCUT2D eigenvalue weighted by Crippen LogP contribution is 2.45. The molecule has 13 nitrogen and oxygen atoms in total. The summed E-state index contributed by atoms with van der Waals surface area (Å²) in [6.07, 6.45) is 4.27. The quantitative estimate of drug-likeness (QED) is 0.164. The number of carbonyl (C=O) groups is 2. The third-order valence-corrected chi connectivity index (χ3v) is 9.32. The number of halogens is 1. The van der Waals surface area contributed by atoms with Gasteiger partial charge in [-0.25, -0.2) is 4.39 Å². The fourth-order valence-corrected chi connectivity index (χ4v) is 6.92. The lowest BCUT2D eigenvalue weighted by Gasteiger charge is -2.53. The lowest BCUT2D eigenvalue weighted by molar-refractivity contribution is -0.120. The van der Waals surface area contributed by atoms with Crippen LogP contribution in [-0.2, 0) is 9.53 Å². The van der Waals surface area contributed by atoms with Gasteiger partial charge in [-0.1, -0.05) is 13.8 Å². The molecule has 0 unspecified atom stereocenters. The van der Waals surface area contributed by atoms with Crippen molar-refractivity contribution in [2.45, 2.75) is 72.4 Å². The summed E-state index contributed by atoms with van der Waals surface area (Å²) >= 11 is 0. The number of methoxy groups -OCH3 is 1. The Balaban J connectivity index is 1.53. The second kappa shape index (κ2) is 17.2.